The van der Waals surface area contributed by atoms with Crippen LogP contribution in [0.2, 0.25) is 0 Å². The largest absolute Gasteiger partial charge is 0.496 e. The minimum absolute atomic E-state index is 0.00360. The Morgan fingerprint density at radius 1 is 1.26 bits per heavy atom. The van der Waals surface area contributed by atoms with Crippen LogP contribution in [-0.4, -0.2) is 37.0 Å². The van der Waals surface area contributed by atoms with E-state index < -0.39 is 6.10 Å². The summed E-state index contributed by atoms with van der Waals surface area (Å²) in [5, 5.41) is 13.0. The number of methoxy groups -OCH3 is 1. The zero-order chi connectivity index (χ0) is 14.3. The lowest BCUT2D eigenvalue weighted by Crippen LogP contribution is -2.42. The fourth-order valence-corrected chi connectivity index (χ4v) is 1.61. The predicted octanol–water partition coefficient (Wildman–Crippen LogP) is 1.96. The summed E-state index contributed by atoms with van der Waals surface area (Å²) >= 11 is 0. The van der Waals surface area contributed by atoms with Crippen LogP contribution >= 0.6 is 0 Å². The van der Waals surface area contributed by atoms with Crippen molar-refractivity contribution in [2.45, 2.75) is 39.0 Å². The van der Waals surface area contributed by atoms with Gasteiger partial charge in [-0.1, -0.05) is 18.2 Å². The van der Waals surface area contributed by atoms with Crippen molar-refractivity contribution in [1.82, 2.24) is 5.32 Å². The number of aliphatic hydroxyl groups is 1. The van der Waals surface area contributed by atoms with Crippen molar-refractivity contribution < 1.29 is 14.6 Å². The van der Waals surface area contributed by atoms with E-state index in [0.29, 0.717) is 19.8 Å². The van der Waals surface area contributed by atoms with Gasteiger partial charge in [-0.25, -0.2) is 0 Å². The van der Waals surface area contributed by atoms with Crippen molar-refractivity contribution in [1.29, 1.82) is 0 Å². The van der Waals surface area contributed by atoms with E-state index in [9.17, 15) is 5.11 Å². The lowest BCUT2D eigenvalue weighted by Gasteiger charge is -2.22. The van der Waals surface area contributed by atoms with Crippen LogP contribution in [0.25, 0.3) is 0 Å². The average molecular weight is 267 g/mol. The molecule has 1 atom stereocenters. The molecule has 0 spiro atoms. The number of benzene rings is 1. The molecule has 0 amide bonds. The molecular weight excluding hydrogens is 242 g/mol. The van der Waals surface area contributed by atoms with Gasteiger partial charge in [-0.3, -0.25) is 0 Å². The van der Waals surface area contributed by atoms with Gasteiger partial charge < -0.3 is 19.9 Å². The summed E-state index contributed by atoms with van der Waals surface area (Å²) in [5.41, 5.74) is 0.991. The third kappa shape index (κ3) is 6.57. The van der Waals surface area contributed by atoms with Crippen molar-refractivity contribution >= 4 is 0 Å². The molecule has 4 heteroatoms. The van der Waals surface area contributed by atoms with E-state index in [1.165, 1.54) is 0 Å². The minimum atomic E-state index is -0.506. The lowest BCUT2D eigenvalue weighted by molar-refractivity contribution is 0.0255. The molecule has 1 aromatic rings. The topological polar surface area (TPSA) is 50.7 Å². The van der Waals surface area contributed by atoms with Crippen LogP contribution in [0.15, 0.2) is 24.3 Å². The van der Waals surface area contributed by atoms with Crippen molar-refractivity contribution in [3.8, 4) is 5.75 Å². The first kappa shape index (κ1) is 16.0. The Hall–Kier alpha value is -1.10. The number of β-amino-alcohol motifs (C(OH)–C–C–N with tert-alkyl or cyclic N) is 1. The number of hydrogen-bond acceptors (Lipinski definition) is 4. The highest BCUT2D eigenvalue weighted by Crippen LogP contribution is 2.17. The zero-order valence-corrected chi connectivity index (χ0v) is 12.3. The molecule has 0 fully saturated rings. The Morgan fingerprint density at radius 2 is 1.95 bits per heavy atom. The van der Waals surface area contributed by atoms with Crippen LogP contribution < -0.4 is 10.1 Å². The van der Waals surface area contributed by atoms with Gasteiger partial charge in [0.1, 0.15) is 5.75 Å². The van der Waals surface area contributed by atoms with Gasteiger partial charge in [-0.05, 0) is 26.8 Å². The Bertz CT molecular complexity index is 374. The molecule has 0 aliphatic heterocycles. The summed E-state index contributed by atoms with van der Waals surface area (Å²) in [6, 6.07) is 7.72. The first-order valence-corrected chi connectivity index (χ1v) is 6.55. The molecule has 108 valence electrons. The second kappa shape index (κ2) is 7.48. The summed E-state index contributed by atoms with van der Waals surface area (Å²) < 4.78 is 10.8. The highest BCUT2D eigenvalue weighted by atomic mass is 16.5. The molecule has 4 nitrogen and oxygen atoms in total. The Balaban J connectivity index is 2.30. The Morgan fingerprint density at radius 3 is 2.58 bits per heavy atom. The zero-order valence-electron chi connectivity index (χ0n) is 12.3. The SMILES string of the molecule is COc1ccccc1COC[C@@H](O)CNC(C)(C)C. The van der Waals surface area contributed by atoms with Crippen LogP contribution in [0.5, 0.6) is 5.75 Å². The lowest BCUT2D eigenvalue weighted by atomic mass is 10.1. The normalized spacial score (nSPS) is 13.3. The van der Waals surface area contributed by atoms with Gasteiger partial charge in [0, 0.05) is 17.6 Å². The van der Waals surface area contributed by atoms with Crippen LogP contribution in [0.3, 0.4) is 0 Å². The van der Waals surface area contributed by atoms with E-state index in [1.54, 1.807) is 7.11 Å². The van der Waals surface area contributed by atoms with Crippen molar-refractivity contribution in [3.05, 3.63) is 29.8 Å². The number of hydrogen-bond donors (Lipinski definition) is 2. The first-order chi connectivity index (χ1) is 8.92. The van der Waals surface area contributed by atoms with Crippen molar-refractivity contribution in [2.24, 2.45) is 0 Å². The maximum Gasteiger partial charge on any atom is 0.124 e. The van der Waals surface area contributed by atoms with Gasteiger partial charge in [-0.2, -0.15) is 0 Å². The molecule has 0 unspecified atom stereocenters. The molecule has 0 heterocycles. The fourth-order valence-electron chi connectivity index (χ4n) is 1.61. The quantitative estimate of drug-likeness (QED) is 0.793. The van der Waals surface area contributed by atoms with Crippen LogP contribution in [0.1, 0.15) is 26.3 Å². The summed E-state index contributed by atoms with van der Waals surface area (Å²) in [6.45, 7) is 7.47. The fraction of sp³-hybridized carbons (Fsp3) is 0.600. The summed E-state index contributed by atoms with van der Waals surface area (Å²) in [5.74, 6) is 0.810. The van der Waals surface area contributed by atoms with E-state index in [2.05, 4.69) is 26.1 Å². The molecule has 1 aromatic carbocycles. The van der Waals surface area contributed by atoms with Crippen molar-refractivity contribution in [2.75, 3.05) is 20.3 Å². The summed E-state index contributed by atoms with van der Waals surface area (Å²) in [6.07, 6.45) is -0.506. The van der Waals surface area contributed by atoms with E-state index in [1.807, 2.05) is 24.3 Å². The Labute approximate surface area is 115 Å². The molecule has 2 N–H and O–H groups in total. The molecule has 1 rings (SSSR count). The molecule has 0 aliphatic rings. The third-order valence-electron chi connectivity index (χ3n) is 2.63. The number of aliphatic hydroxyl groups excluding tert-OH is 1. The molecule has 0 bridgehead atoms. The highest BCUT2D eigenvalue weighted by molar-refractivity contribution is 5.32. The standard InChI is InChI=1S/C15H25NO3/c1-15(2,3)16-9-13(17)11-19-10-12-7-5-6-8-14(12)18-4/h5-8,13,16-17H,9-11H2,1-4H3/t13-/m0/s1. The van der Waals surface area contributed by atoms with Gasteiger partial charge in [0.25, 0.3) is 0 Å². The number of ether oxygens (including phenoxy) is 2. The highest BCUT2D eigenvalue weighted by Gasteiger charge is 2.12. The van der Waals surface area contributed by atoms with Crippen molar-refractivity contribution in [3.63, 3.8) is 0 Å². The minimum Gasteiger partial charge on any atom is -0.496 e. The number of rotatable bonds is 7. The van der Waals surface area contributed by atoms with E-state index in [4.69, 9.17) is 9.47 Å². The van der Waals surface area contributed by atoms with Gasteiger partial charge in [0.15, 0.2) is 0 Å². The number of nitrogens with one attached hydrogen (secondary N) is 1. The molecular formula is C15H25NO3. The summed E-state index contributed by atoms with van der Waals surface area (Å²) in [7, 11) is 1.64. The average Bonchev–Trinajstić information content (AvgIpc) is 2.36. The molecule has 19 heavy (non-hydrogen) atoms. The molecule has 0 aromatic heterocycles. The van der Waals surface area contributed by atoms with E-state index in [0.717, 1.165) is 11.3 Å². The van der Waals surface area contributed by atoms with Gasteiger partial charge >= 0.3 is 0 Å². The van der Waals surface area contributed by atoms with Gasteiger partial charge in [0.05, 0.1) is 26.4 Å². The van der Waals surface area contributed by atoms with Gasteiger partial charge in [-0.15, -0.1) is 0 Å². The maximum atomic E-state index is 9.80. The Kier molecular flexibility index (Phi) is 6.28. The summed E-state index contributed by atoms with van der Waals surface area (Å²) in [4.78, 5) is 0. The smallest absolute Gasteiger partial charge is 0.124 e. The second-order valence-electron chi connectivity index (χ2n) is 5.61. The number of para-hydroxylation sites is 1. The van der Waals surface area contributed by atoms with Crippen LogP contribution in [-0.2, 0) is 11.3 Å². The molecule has 0 radical (unpaired) electrons. The van der Waals surface area contributed by atoms with Crippen LogP contribution in [0, 0.1) is 0 Å². The van der Waals surface area contributed by atoms with E-state index >= 15 is 0 Å². The van der Waals surface area contributed by atoms with Gasteiger partial charge in [0.2, 0.25) is 0 Å². The molecule has 0 saturated carbocycles. The van der Waals surface area contributed by atoms with E-state index in [-0.39, 0.29) is 5.54 Å². The second-order valence-corrected chi connectivity index (χ2v) is 5.61. The predicted molar refractivity (Wildman–Crippen MR) is 76.4 cm³/mol. The molecule has 0 saturated heterocycles. The maximum absolute atomic E-state index is 9.80. The molecule has 0 aliphatic carbocycles. The first-order valence-electron chi connectivity index (χ1n) is 6.55. The third-order valence-corrected chi connectivity index (χ3v) is 2.63. The van der Waals surface area contributed by atoms with Crippen LogP contribution in [0.4, 0.5) is 0 Å². The monoisotopic (exact) mass is 267 g/mol.